The molecule has 1 saturated carbocycles. The number of fused-ring (bicyclic) bond motifs is 1. The molecule has 7 nitrogen and oxygen atoms in total. The van der Waals surface area contributed by atoms with Crippen molar-refractivity contribution in [1.82, 2.24) is 14.5 Å². The first-order chi connectivity index (χ1) is 11.6. The van der Waals surface area contributed by atoms with Crippen LogP contribution in [0, 0.1) is 5.92 Å². The Kier molecular flexibility index (Phi) is 6.80. The molecular formula is C16H23BrClN3O4. The van der Waals surface area contributed by atoms with E-state index in [9.17, 15) is 5.11 Å². The molecule has 9 heteroatoms. The molecule has 1 fully saturated rings. The summed E-state index contributed by atoms with van der Waals surface area (Å²) >= 11 is 9.62. The quantitative estimate of drug-likeness (QED) is 0.434. The van der Waals surface area contributed by atoms with Crippen molar-refractivity contribution in [3.05, 3.63) is 22.1 Å². The van der Waals surface area contributed by atoms with Crippen molar-refractivity contribution in [2.24, 2.45) is 5.92 Å². The third kappa shape index (κ3) is 5.35. The van der Waals surface area contributed by atoms with Gasteiger partial charge in [0.05, 0.1) is 18.1 Å². The topological polar surface area (TPSA) is 112 Å². The zero-order valence-corrected chi connectivity index (χ0v) is 16.4. The standard InChI is InChI=1S/C13H15BrClN3O2.C3H8O2/c14-9-4-18(13-11(9)12(15)16-6-17-13)8-2-1-7(3-8)10(20)5-19;1-3(2,4)5/h4,6-8,10,19-20H,1-3,5H2;4-5H,1-2H3. The summed E-state index contributed by atoms with van der Waals surface area (Å²) in [5, 5.41) is 36.2. The molecule has 0 radical (unpaired) electrons. The summed E-state index contributed by atoms with van der Waals surface area (Å²) in [4.78, 5) is 8.33. The average molecular weight is 437 g/mol. The zero-order valence-electron chi connectivity index (χ0n) is 14.1. The monoisotopic (exact) mass is 435 g/mol. The highest BCUT2D eigenvalue weighted by atomic mass is 79.9. The summed E-state index contributed by atoms with van der Waals surface area (Å²) < 4.78 is 2.97. The van der Waals surface area contributed by atoms with Crippen LogP contribution in [0.5, 0.6) is 0 Å². The number of hydrogen-bond acceptors (Lipinski definition) is 6. The smallest absolute Gasteiger partial charge is 0.156 e. The van der Waals surface area contributed by atoms with E-state index in [0.717, 1.165) is 34.8 Å². The van der Waals surface area contributed by atoms with Crippen LogP contribution in [-0.2, 0) is 0 Å². The molecule has 0 spiro atoms. The fraction of sp³-hybridized carbons (Fsp3) is 0.625. The lowest BCUT2D eigenvalue weighted by atomic mass is 10.0. The molecule has 2 heterocycles. The zero-order chi connectivity index (χ0) is 18.8. The van der Waals surface area contributed by atoms with Crippen molar-refractivity contribution in [2.45, 2.75) is 51.0 Å². The summed E-state index contributed by atoms with van der Waals surface area (Å²) in [5.41, 5.74) is 0.806. The van der Waals surface area contributed by atoms with E-state index >= 15 is 0 Å². The van der Waals surface area contributed by atoms with Gasteiger partial charge in [-0.15, -0.1) is 0 Å². The van der Waals surface area contributed by atoms with Gasteiger partial charge in [0.15, 0.2) is 5.79 Å². The number of aliphatic hydroxyl groups excluding tert-OH is 2. The minimum atomic E-state index is -1.50. The number of aliphatic hydroxyl groups is 4. The lowest BCUT2D eigenvalue weighted by Crippen LogP contribution is -2.22. The lowest BCUT2D eigenvalue weighted by Gasteiger charge is -2.17. The van der Waals surface area contributed by atoms with Crippen molar-refractivity contribution in [3.8, 4) is 0 Å². The van der Waals surface area contributed by atoms with Gasteiger partial charge in [0.2, 0.25) is 0 Å². The van der Waals surface area contributed by atoms with E-state index in [1.807, 2.05) is 6.20 Å². The van der Waals surface area contributed by atoms with Gasteiger partial charge >= 0.3 is 0 Å². The summed E-state index contributed by atoms with van der Waals surface area (Å²) in [5.74, 6) is -1.36. The van der Waals surface area contributed by atoms with Crippen LogP contribution in [0.25, 0.3) is 11.0 Å². The lowest BCUT2D eigenvalue weighted by molar-refractivity contribution is -0.127. The molecule has 0 saturated heterocycles. The molecule has 140 valence electrons. The van der Waals surface area contributed by atoms with Crippen LogP contribution >= 0.6 is 27.5 Å². The Bertz CT molecular complexity index is 713. The Labute approximate surface area is 159 Å². The Morgan fingerprint density at radius 3 is 2.60 bits per heavy atom. The molecule has 3 unspecified atom stereocenters. The molecule has 2 aromatic rings. The highest BCUT2D eigenvalue weighted by Crippen LogP contribution is 2.40. The molecule has 0 amide bonds. The molecule has 0 bridgehead atoms. The van der Waals surface area contributed by atoms with Gasteiger partial charge in [-0.3, -0.25) is 0 Å². The molecule has 25 heavy (non-hydrogen) atoms. The van der Waals surface area contributed by atoms with Crippen molar-refractivity contribution < 1.29 is 20.4 Å². The van der Waals surface area contributed by atoms with Gasteiger partial charge in [-0.1, -0.05) is 11.6 Å². The minimum Gasteiger partial charge on any atom is -0.394 e. The van der Waals surface area contributed by atoms with Crippen LogP contribution in [0.4, 0.5) is 0 Å². The van der Waals surface area contributed by atoms with E-state index in [-0.39, 0.29) is 18.6 Å². The highest BCUT2D eigenvalue weighted by Gasteiger charge is 2.31. The minimum absolute atomic E-state index is 0.138. The maximum atomic E-state index is 9.77. The number of aromatic nitrogens is 3. The van der Waals surface area contributed by atoms with Gasteiger partial charge in [0, 0.05) is 16.7 Å². The van der Waals surface area contributed by atoms with Crippen molar-refractivity contribution in [2.75, 3.05) is 6.61 Å². The number of hydrogen-bond donors (Lipinski definition) is 4. The Hall–Kier alpha value is -0.770. The van der Waals surface area contributed by atoms with Gasteiger partial charge in [-0.2, -0.15) is 0 Å². The summed E-state index contributed by atoms with van der Waals surface area (Å²) in [6.07, 6.45) is 5.50. The van der Waals surface area contributed by atoms with Crippen LogP contribution in [0.3, 0.4) is 0 Å². The Morgan fingerprint density at radius 2 is 2.00 bits per heavy atom. The van der Waals surface area contributed by atoms with E-state index in [0.29, 0.717) is 5.15 Å². The maximum absolute atomic E-state index is 9.77. The van der Waals surface area contributed by atoms with E-state index < -0.39 is 11.9 Å². The average Bonchev–Trinajstić information content (AvgIpc) is 3.10. The second kappa shape index (κ2) is 8.28. The van der Waals surface area contributed by atoms with Gasteiger partial charge in [0.25, 0.3) is 0 Å². The second-order valence-electron chi connectivity index (χ2n) is 6.72. The summed E-state index contributed by atoms with van der Waals surface area (Å²) in [6, 6.07) is 0.265. The normalized spacial score (nSPS) is 21.9. The first kappa shape index (κ1) is 20.5. The fourth-order valence-electron chi connectivity index (χ4n) is 3.03. The predicted molar refractivity (Wildman–Crippen MR) is 98.2 cm³/mol. The maximum Gasteiger partial charge on any atom is 0.156 e. The largest absolute Gasteiger partial charge is 0.394 e. The van der Waals surface area contributed by atoms with Gasteiger partial charge in [-0.05, 0) is 55.0 Å². The van der Waals surface area contributed by atoms with Gasteiger partial charge < -0.3 is 25.0 Å². The molecule has 2 aromatic heterocycles. The molecule has 3 atom stereocenters. The van der Waals surface area contributed by atoms with Crippen LogP contribution in [-0.4, -0.2) is 53.5 Å². The first-order valence-electron chi connectivity index (χ1n) is 8.02. The van der Waals surface area contributed by atoms with Crippen LogP contribution in [0.15, 0.2) is 17.0 Å². The molecule has 1 aliphatic carbocycles. The first-order valence-corrected chi connectivity index (χ1v) is 9.19. The molecule has 1 aliphatic rings. The summed E-state index contributed by atoms with van der Waals surface area (Å²) in [6.45, 7) is 2.42. The van der Waals surface area contributed by atoms with Crippen molar-refractivity contribution >= 4 is 38.6 Å². The van der Waals surface area contributed by atoms with Crippen LogP contribution in [0.2, 0.25) is 5.15 Å². The molecular weight excluding hydrogens is 414 g/mol. The van der Waals surface area contributed by atoms with Crippen molar-refractivity contribution in [1.29, 1.82) is 0 Å². The third-order valence-electron chi connectivity index (χ3n) is 4.09. The Balaban J connectivity index is 0.000000399. The van der Waals surface area contributed by atoms with Gasteiger partial charge in [-0.25, -0.2) is 9.97 Å². The van der Waals surface area contributed by atoms with Crippen molar-refractivity contribution in [3.63, 3.8) is 0 Å². The van der Waals surface area contributed by atoms with Crippen LogP contribution in [0.1, 0.15) is 39.2 Å². The third-order valence-corrected chi connectivity index (χ3v) is 4.97. The Morgan fingerprint density at radius 1 is 1.36 bits per heavy atom. The second-order valence-corrected chi connectivity index (χ2v) is 7.93. The molecule has 0 aliphatic heterocycles. The number of halogens is 2. The summed E-state index contributed by atoms with van der Waals surface area (Å²) in [7, 11) is 0. The predicted octanol–water partition coefficient (Wildman–Crippen LogP) is 2.25. The molecule has 4 N–H and O–H groups in total. The molecule has 3 rings (SSSR count). The molecule has 0 aromatic carbocycles. The fourth-order valence-corrected chi connectivity index (χ4v) is 3.96. The van der Waals surface area contributed by atoms with Gasteiger partial charge in [0.1, 0.15) is 17.1 Å². The highest BCUT2D eigenvalue weighted by molar-refractivity contribution is 9.10. The SMILES string of the molecule is CC(C)(O)O.OCC(O)C1CCC(n2cc(Br)c3c(Cl)ncnc32)C1. The van der Waals surface area contributed by atoms with E-state index in [1.54, 1.807) is 0 Å². The van der Waals surface area contributed by atoms with E-state index in [1.165, 1.54) is 20.2 Å². The number of rotatable bonds is 3. The number of nitrogens with zero attached hydrogens (tertiary/aromatic N) is 3. The van der Waals surface area contributed by atoms with E-state index in [2.05, 4.69) is 30.5 Å². The van der Waals surface area contributed by atoms with Crippen LogP contribution < -0.4 is 0 Å². The van der Waals surface area contributed by atoms with E-state index in [4.69, 9.17) is 26.9 Å².